The molecule has 0 nitrogen and oxygen atoms in total. The lowest BCUT2D eigenvalue weighted by molar-refractivity contribution is 0.673. The molecule has 1 atom stereocenters. The van der Waals surface area contributed by atoms with Crippen molar-refractivity contribution in [1.29, 1.82) is 0 Å². The van der Waals surface area contributed by atoms with E-state index in [0.717, 1.165) is 0 Å². The SMILES string of the molecule is CC(C)c1ccc2c(c1)C(S)CCC2. The van der Waals surface area contributed by atoms with E-state index in [-0.39, 0.29) is 0 Å². The molecule has 0 spiro atoms. The Morgan fingerprint density at radius 3 is 2.86 bits per heavy atom. The van der Waals surface area contributed by atoms with Crippen molar-refractivity contribution in [2.45, 2.75) is 44.3 Å². The molecular weight excluding hydrogens is 188 g/mol. The van der Waals surface area contributed by atoms with Crippen molar-refractivity contribution in [1.82, 2.24) is 0 Å². The largest absolute Gasteiger partial charge is 0.171 e. The van der Waals surface area contributed by atoms with E-state index in [2.05, 4.69) is 44.7 Å². The first kappa shape index (κ1) is 10.1. The predicted molar refractivity (Wildman–Crippen MR) is 65.2 cm³/mol. The molecule has 0 fully saturated rings. The zero-order valence-electron chi connectivity index (χ0n) is 8.96. The first-order chi connectivity index (χ1) is 6.68. The van der Waals surface area contributed by atoms with Gasteiger partial charge in [-0.05, 0) is 41.9 Å². The highest BCUT2D eigenvalue weighted by atomic mass is 32.1. The number of hydrogen-bond donors (Lipinski definition) is 1. The third kappa shape index (κ3) is 1.83. The van der Waals surface area contributed by atoms with Crippen LogP contribution in [0.25, 0.3) is 0 Å². The first-order valence-electron chi connectivity index (χ1n) is 5.49. The second kappa shape index (κ2) is 3.98. The number of hydrogen-bond acceptors (Lipinski definition) is 1. The number of thiol groups is 1. The highest BCUT2D eigenvalue weighted by Gasteiger charge is 2.17. The van der Waals surface area contributed by atoms with E-state index in [1.807, 2.05) is 0 Å². The fourth-order valence-corrected chi connectivity index (χ4v) is 2.57. The van der Waals surface area contributed by atoms with E-state index in [0.29, 0.717) is 11.2 Å². The highest BCUT2D eigenvalue weighted by molar-refractivity contribution is 7.80. The highest BCUT2D eigenvalue weighted by Crippen LogP contribution is 2.35. The molecule has 0 N–H and O–H groups in total. The molecule has 1 aliphatic carbocycles. The summed E-state index contributed by atoms with van der Waals surface area (Å²) < 4.78 is 0. The van der Waals surface area contributed by atoms with Crippen LogP contribution in [0.15, 0.2) is 18.2 Å². The minimum Gasteiger partial charge on any atom is -0.171 e. The van der Waals surface area contributed by atoms with Gasteiger partial charge in [-0.25, -0.2) is 0 Å². The van der Waals surface area contributed by atoms with Crippen LogP contribution in [0.3, 0.4) is 0 Å². The van der Waals surface area contributed by atoms with E-state index in [4.69, 9.17) is 0 Å². The predicted octanol–water partition coefficient (Wildman–Crippen LogP) is 4.12. The number of rotatable bonds is 1. The lowest BCUT2D eigenvalue weighted by Gasteiger charge is -2.23. The van der Waals surface area contributed by atoms with Gasteiger partial charge in [-0.3, -0.25) is 0 Å². The summed E-state index contributed by atoms with van der Waals surface area (Å²) in [5.41, 5.74) is 4.44. The summed E-state index contributed by atoms with van der Waals surface area (Å²) in [6.45, 7) is 4.50. The van der Waals surface area contributed by atoms with Gasteiger partial charge in [0.15, 0.2) is 0 Å². The fraction of sp³-hybridized carbons (Fsp3) is 0.538. The molecule has 1 aromatic carbocycles. The lowest BCUT2D eigenvalue weighted by atomic mass is 9.88. The molecule has 2 rings (SSSR count). The van der Waals surface area contributed by atoms with Gasteiger partial charge in [-0.2, -0.15) is 12.6 Å². The first-order valence-corrected chi connectivity index (χ1v) is 6.01. The van der Waals surface area contributed by atoms with Crippen molar-refractivity contribution >= 4 is 12.6 Å². The van der Waals surface area contributed by atoms with Crippen molar-refractivity contribution in [2.75, 3.05) is 0 Å². The molecule has 0 saturated carbocycles. The average Bonchev–Trinajstić information content (AvgIpc) is 2.18. The van der Waals surface area contributed by atoms with Crippen LogP contribution in [-0.2, 0) is 6.42 Å². The van der Waals surface area contributed by atoms with Crippen molar-refractivity contribution in [3.63, 3.8) is 0 Å². The number of fused-ring (bicyclic) bond motifs is 1. The van der Waals surface area contributed by atoms with E-state index < -0.39 is 0 Å². The van der Waals surface area contributed by atoms with E-state index in [9.17, 15) is 0 Å². The average molecular weight is 206 g/mol. The Morgan fingerprint density at radius 1 is 1.36 bits per heavy atom. The van der Waals surface area contributed by atoms with Gasteiger partial charge in [-0.1, -0.05) is 32.0 Å². The summed E-state index contributed by atoms with van der Waals surface area (Å²) >= 11 is 4.66. The van der Waals surface area contributed by atoms with Crippen LogP contribution in [0.4, 0.5) is 0 Å². The van der Waals surface area contributed by atoms with Crippen LogP contribution in [-0.4, -0.2) is 0 Å². The molecule has 1 unspecified atom stereocenters. The molecule has 0 bridgehead atoms. The van der Waals surface area contributed by atoms with E-state index >= 15 is 0 Å². The molecule has 1 aliphatic rings. The zero-order chi connectivity index (χ0) is 10.1. The van der Waals surface area contributed by atoms with Gasteiger partial charge in [0.05, 0.1) is 0 Å². The van der Waals surface area contributed by atoms with Gasteiger partial charge in [0, 0.05) is 5.25 Å². The molecule has 0 amide bonds. The summed E-state index contributed by atoms with van der Waals surface area (Å²) in [7, 11) is 0. The standard InChI is InChI=1S/C13H18S/c1-9(2)11-7-6-10-4-3-5-13(14)12(10)8-11/h6-9,13-14H,3-5H2,1-2H3. The van der Waals surface area contributed by atoms with Crippen molar-refractivity contribution in [3.05, 3.63) is 34.9 Å². The van der Waals surface area contributed by atoms with Gasteiger partial charge in [0.1, 0.15) is 0 Å². The van der Waals surface area contributed by atoms with Gasteiger partial charge in [-0.15, -0.1) is 0 Å². The zero-order valence-corrected chi connectivity index (χ0v) is 9.85. The van der Waals surface area contributed by atoms with Crippen LogP contribution in [0.5, 0.6) is 0 Å². The van der Waals surface area contributed by atoms with Crippen LogP contribution in [0.2, 0.25) is 0 Å². The molecule has 0 saturated heterocycles. The molecular formula is C13H18S. The van der Waals surface area contributed by atoms with Gasteiger partial charge >= 0.3 is 0 Å². The third-order valence-electron chi connectivity index (χ3n) is 3.12. The smallest absolute Gasteiger partial charge is 0.0270 e. The molecule has 0 heterocycles. The quantitative estimate of drug-likeness (QED) is 0.657. The summed E-state index contributed by atoms with van der Waals surface area (Å²) in [4.78, 5) is 0. The van der Waals surface area contributed by atoms with Crippen LogP contribution in [0.1, 0.15) is 54.5 Å². The third-order valence-corrected chi connectivity index (χ3v) is 3.66. The second-order valence-electron chi connectivity index (χ2n) is 4.52. The van der Waals surface area contributed by atoms with Crippen LogP contribution < -0.4 is 0 Å². The monoisotopic (exact) mass is 206 g/mol. The van der Waals surface area contributed by atoms with Gasteiger partial charge < -0.3 is 0 Å². The molecule has 0 radical (unpaired) electrons. The maximum atomic E-state index is 4.66. The molecule has 1 aromatic rings. The molecule has 76 valence electrons. The second-order valence-corrected chi connectivity index (χ2v) is 5.14. The minimum atomic E-state index is 0.470. The summed E-state index contributed by atoms with van der Waals surface area (Å²) in [6, 6.07) is 6.93. The van der Waals surface area contributed by atoms with Crippen LogP contribution >= 0.6 is 12.6 Å². The Balaban J connectivity index is 2.41. The maximum Gasteiger partial charge on any atom is 0.0270 e. The Morgan fingerprint density at radius 2 is 2.14 bits per heavy atom. The summed E-state index contributed by atoms with van der Waals surface area (Å²) in [5.74, 6) is 0.628. The van der Waals surface area contributed by atoms with Crippen molar-refractivity contribution in [2.24, 2.45) is 0 Å². The van der Waals surface area contributed by atoms with Crippen molar-refractivity contribution in [3.8, 4) is 0 Å². The minimum absolute atomic E-state index is 0.470. The van der Waals surface area contributed by atoms with Crippen molar-refractivity contribution < 1.29 is 0 Å². The Bertz CT molecular complexity index is 328. The fourth-order valence-electron chi connectivity index (χ4n) is 2.15. The normalized spacial score (nSPS) is 21.0. The summed E-state index contributed by atoms with van der Waals surface area (Å²) in [5, 5.41) is 0.470. The summed E-state index contributed by atoms with van der Waals surface area (Å²) in [6.07, 6.45) is 3.77. The van der Waals surface area contributed by atoms with Crippen LogP contribution in [0, 0.1) is 0 Å². The van der Waals surface area contributed by atoms with Gasteiger partial charge in [0.2, 0.25) is 0 Å². The van der Waals surface area contributed by atoms with E-state index in [1.165, 1.54) is 36.0 Å². The molecule has 0 aromatic heterocycles. The molecule has 0 aliphatic heterocycles. The topological polar surface area (TPSA) is 0 Å². The lowest BCUT2D eigenvalue weighted by Crippen LogP contribution is -2.06. The number of aryl methyl sites for hydroxylation is 1. The van der Waals surface area contributed by atoms with E-state index in [1.54, 1.807) is 0 Å². The maximum absolute atomic E-state index is 4.66. The molecule has 1 heteroatoms. The molecule has 14 heavy (non-hydrogen) atoms. The Labute approximate surface area is 92.1 Å². The Kier molecular flexibility index (Phi) is 2.87. The Hall–Kier alpha value is -0.430. The number of benzene rings is 1. The van der Waals surface area contributed by atoms with Gasteiger partial charge in [0.25, 0.3) is 0 Å².